The summed E-state index contributed by atoms with van der Waals surface area (Å²) in [5, 5.41) is 0.430. The SMILES string of the molecule is CCCCC[C@@H](N)c1ccc(F)cc1Cl.Cl. The first-order valence-electron chi connectivity index (χ1n) is 5.35. The Bertz CT molecular complexity index is 318. The largest absolute Gasteiger partial charge is 0.324 e. The molecule has 4 heteroatoms. The Hall–Kier alpha value is -0.310. The number of halogens is 3. The van der Waals surface area contributed by atoms with E-state index in [4.69, 9.17) is 17.3 Å². The molecule has 0 aromatic heterocycles. The second-order valence-corrected chi connectivity index (χ2v) is 4.18. The average Bonchev–Trinajstić information content (AvgIpc) is 2.17. The van der Waals surface area contributed by atoms with E-state index >= 15 is 0 Å². The first-order chi connectivity index (χ1) is 7.15. The first kappa shape index (κ1) is 15.7. The predicted octanol–water partition coefficient (Wildman–Crippen LogP) is 4.48. The molecule has 0 aliphatic heterocycles. The number of benzene rings is 1. The second kappa shape index (κ2) is 7.88. The maximum atomic E-state index is 12.8. The normalized spacial score (nSPS) is 12.0. The molecule has 1 aromatic carbocycles. The molecule has 1 nitrogen and oxygen atoms in total. The summed E-state index contributed by atoms with van der Waals surface area (Å²) < 4.78 is 12.8. The zero-order chi connectivity index (χ0) is 11.3. The van der Waals surface area contributed by atoms with E-state index in [2.05, 4.69) is 6.92 Å². The van der Waals surface area contributed by atoms with E-state index in [-0.39, 0.29) is 24.3 Å². The van der Waals surface area contributed by atoms with Gasteiger partial charge in [0.15, 0.2) is 0 Å². The number of hydrogen-bond acceptors (Lipinski definition) is 1. The quantitative estimate of drug-likeness (QED) is 0.781. The molecule has 92 valence electrons. The number of hydrogen-bond donors (Lipinski definition) is 1. The van der Waals surface area contributed by atoms with Crippen LogP contribution >= 0.6 is 24.0 Å². The number of rotatable bonds is 5. The van der Waals surface area contributed by atoms with Gasteiger partial charge in [0, 0.05) is 11.1 Å². The van der Waals surface area contributed by atoms with Crippen molar-refractivity contribution >= 4 is 24.0 Å². The van der Waals surface area contributed by atoms with Crippen LogP contribution in [0.4, 0.5) is 4.39 Å². The molecule has 0 bridgehead atoms. The van der Waals surface area contributed by atoms with Gasteiger partial charge in [-0.05, 0) is 24.1 Å². The predicted molar refractivity (Wildman–Crippen MR) is 69.7 cm³/mol. The van der Waals surface area contributed by atoms with E-state index in [0.29, 0.717) is 5.02 Å². The van der Waals surface area contributed by atoms with Gasteiger partial charge in [0.05, 0.1) is 0 Å². The van der Waals surface area contributed by atoms with Crippen molar-refractivity contribution in [3.63, 3.8) is 0 Å². The summed E-state index contributed by atoms with van der Waals surface area (Å²) in [5.74, 6) is -0.315. The number of unbranched alkanes of at least 4 members (excludes halogenated alkanes) is 2. The highest BCUT2D eigenvalue weighted by molar-refractivity contribution is 6.31. The Morgan fingerprint density at radius 3 is 2.62 bits per heavy atom. The molecule has 0 radical (unpaired) electrons. The Morgan fingerprint density at radius 1 is 1.38 bits per heavy atom. The molecule has 2 N–H and O–H groups in total. The molecule has 0 saturated carbocycles. The minimum Gasteiger partial charge on any atom is -0.324 e. The fraction of sp³-hybridized carbons (Fsp3) is 0.500. The maximum absolute atomic E-state index is 12.8. The van der Waals surface area contributed by atoms with Gasteiger partial charge in [0.25, 0.3) is 0 Å². The summed E-state index contributed by atoms with van der Waals surface area (Å²) in [4.78, 5) is 0. The van der Waals surface area contributed by atoms with Gasteiger partial charge in [-0.2, -0.15) is 0 Å². The molecule has 0 fully saturated rings. The lowest BCUT2D eigenvalue weighted by Crippen LogP contribution is -2.10. The molecule has 0 unspecified atom stereocenters. The van der Waals surface area contributed by atoms with Crippen molar-refractivity contribution in [3.05, 3.63) is 34.6 Å². The van der Waals surface area contributed by atoms with Crippen LogP contribution in [0.1, 0.15) is 44.2 Å². The summed E-state index contributed by atoms with van der Waals surface area (Å²) in [6.07, 6.45) is 4.33. The summed E-state index contributed by atoms with van der Waals surface area (Å²) in [6, 6.07) is 4.32. The van der Waals surface area contributed by atoms with Gasteiger partial charge in [-0.1, -0.05) is 43.9 Å². The van der Waals surface area contributed by atoms with Crippen molar-refractivity contribution in [3.8, 4) is 0 Å². The van der Waals surface area contributed by atoms with Crippen LogP contribution in [0, 0.1) is 5.82 Å². The number of nitrogens with two attached hydrogens (primary N) is 1. The molecule has 1 rings (SSSR count). The van der Waals surface area contributed by atoms with Crippen LogP contribution in [0.25, 0.3) is 0 Å². The van der Waals surface area contributed by atoms with Crippen molar-refractivity contribution < 1.29 is 4.39 Å². The Labute approximate surface area is 108 Å². The highest BCUT2D eigenvalue weighted by atomic mass is 35.5. The molecule has 0 aliphatic rings. The molecular weight excluding hydrogens is 248 g/mol. The Morgan fingerprint density at radius 2 is 2.06 bits per heavy atom. The van der Waals surface area contributed by atoms with Crippen LogP contribution in [0.3, 0.4) is 0 Å². The van der Waals surface area contributed by atoms with Crippen LogP contribution in [-0.2, 0) is 0 Å². The van der Waals surface area contributed by atoms with Crippen LogP contribution in [0.2, 0.25) is 5.02 Å². The lowest BCUT2D eigenvalue weighted by atomic mass is 10.0. The van der Waals surface area contributed by atoms with Gasteiger partial charge < -0.3 is 5.73 Å². The van der Waals surface area contributed by atoms with Crippen molar-refractivity contribution in [2.45, 2.75) is 38.6 Å². The van der Waals surface area contributed by atoms with Gasteiger partial charge in [0.2, 0.25) is 0 Å². The van der Waals surface area contributed by atoms with E-state index in [9.17, 15) is 4.39 Å². The first-order valence-corrected chi connectivity index (χ1v) is 5.73. The van der Waals surface area contributed by atoms with Gasteiger partial charge in [0.1, 0.15) is 5.82 Å². The van der Waals surface area contributed by atoms with Gasteiger partial charge >= 0.3 is 0 Å². The van der Waals surface area contributed by atoms with E-state index in [1.807, 2.05) is 0 Å². The maximum Gasteiger partial charge on any atom is 0.124 e. The smallest absolute Gasteiger partial charge is 0.124 e. The van der Waals surface area contributed by atoms with Crippen molar-refractivity contribution in [2.75, 3.05) is 0 Å². The van der Waals surface area contributed by atoms with Crippen molar-refractivity contribution in [1.29, 1.82) is 0 Å². The van der Waals surface area contributed by atoms with Crippen molar-refractivity contribution in [1.82, 2.24) is 0 Å². The molecule has 0 saturated heterocycles. The third kappa shape index (κ3) is 4.69. The van der Waals surface area contributed by atoms with Gasteiger partial charge in [-0.25, -0.2) is 4.39 Å². The van der Waals surface area contributed by atoms with Gasteiger partial charge in [-0.15, -0.1) is 12.4 Å². The summed E-state index contributed by atoms with van der Waals surface area (Å²) in [5.41, 5.74) is 6.82. The fourth-order valence-corrected chi connectivity index (χ4v) is 1.88. The summed E-state index contributed by atoms with van der Waals surface area (Å²) in [6.45, 7) is 2.15. The monoisotopic (exact) mass is 265 g/mol. The van der Waals surface area contributed by atoms with Crippen LogP contribution < -0.4 is 5.73 Å². The van der Waals surface area contributed by atoms with Crippen LogP contribution in [0.5, 0.6) is 0 Å². The van der Waals surface area contributed by atoms with E-state index in [1.54, 1.807) is 6.07 Å². The standard InChI is InChI=1S/C12H17ClFN.ClH/c1-2-3-4-5-12(15)10-7-6-9(14)8-11(10)13;/h6-8,12H,2-5,15H2,1H3;1H/t12-;/m1./s1. The lowest BCUT2D eigenvalue weighted by molar-refractivity contribution is 0.578. The third-order valence-electron chi connectivity index (χ3n) is 2.48. The van der Waals surface area contributed by atoms with E-state index < -0.39 is 0 Å². The minimum absolute atomic E-state index is 0. The topological polar surface area (TPSA) is 26.0 Å². The van der Waals surface area contributed by atoms with Crippen molar-refractivity contribution in [2.24, 2.45) is 5.73 Å². The molecular formula is C12H18Cl2FN. The molecule has 0 heterocycles. The zero-order valence-electron chi connectivity index (χ0n) is 9.38. The second-order valence-electron chi connectivity index (χ2n) is 3.77. The molecule has 0 spiro atoms. The highest BCUT2D eigenvalue weighted by Gasteiger charge is 2.10. The zero-order valence-corrected chi connectivity index (χ0v) is 11.0. The molecule has 0 aliphatic carbocycles. The Kier molecular flexibility index (Phi) is 7.73. The van der Waals surface area contributed by atoms with Crippen LogP contribution in [0.15, 0.2) is 18.2 Å². The molecule has 0 amide bonds. The van der Waals surface area contributed by atoms with E-state index in [1.165, 1.54) is 25.0 Å². The summed E-state index contributed by atoms with van der Waals surface area (Å²) in [7, 11) is 0. The van der Waals surface area contributed by atoms with Crippen LogP contribution in [-0.4, -0.2) is 0 Å². The Balaban J connectivity index is 0.00000225. The fourth-order valence-electron chi connectivity index (χ4n) is 1.57. The highest BCUT2D eigenvalue weighted by Crippen LogP contribution is 2.25. The molecule has 1 aromatic rings. The lowest BCUT2D eigenvalue weighted by Gasteiger charge is -2.13. The van der Waals surface area contributed by atoms with Gasteiger partial charge in [-0.3, -0.25) is 0 Å². The van der Waals surface area contributed by atoms with E-state index in [0.717, 1.165) is 18.4 Å². The minimum atomic E-state index is -0.315. The summed E-state index contributed by atoms with van der Waals surface area (Å²) >= 11 is 5.92. The molecule has 16 heavy (non-hydrogen) atoms. The average molecular weight is 266 g/mol. The third-order valence-corrected chi connectivity index (χ3v) is 2.81. The molecule has 1 atom stereocenters.